The summed E-state index contributed by atoms with van der Waals surface area (Å²) >= 11 is 0. The number of nitrogens with one attached hydrogen (secondary N) is 1. The fourth-order valence-corrected chi connectivity index (χ4v) is 4.43. The minimum atomic E-state index is -0.316. The summed E-state index contributed by atoms with van der Waals surface area (Å²) in [6, 6.07) is 8.57. The number of rotatable bonds is 3. The number of H-pyrrole nitrogens is 1. The second-order valence-electron chi connectivity index (χ2n) is 6.95. The van der Waals surface area contributed by atoms with Crippen molar-refractivity contribution in [2.75, 3.05) is 20.3 Å². The van der Waals surface area contributed by atoms with Gasteiger partial charge in [0.2, 0.25) is 0 Å². The van der Waals surface area contributed by atoms with Crippen LogP contribution in [0.15, 0.2) is 47.7 Å². The summed E-state index contributed by atoms with van der Waals surface area (Å²) < 4.78 is 5.01. The number of allylic oxidation sites excluding steroid dienone is 1. The van der Waals surface area contributed by atoms with Gasteiger partial charge in [0.15, 0.2) is 0 Å². The average Bonchev–Trinajstić information content (AvgIpc) is 3.07. The summed E-state index contributed by atoms with van der Waals surface area (Å²) in [5, 5.41) is 11.1. The van der Waals surface area contributed by atoms with Crippen LogP contribution in [0, 0.1) is 5.92 Å². The van der Waals surface area contributed by atoms with Crippen LogP contribution in [0.1, 0.15) is 30.6 Å². The predicted octanol–water partition coefficient (Wildman–Crippen LogP) is 3.08. The van der Waals surface area contributed by atoms with Crippen LogP contribution in [-0.2, 0) is 16.0 Å². The minimum absolute atomic E-state index is 0.0538. The van der Waals surface area contributed by atoms with Crippen molar-refractivity contribution in [2.45, 2.75) is 25.8 Å². The Hall–Kier alpha value is -2.53. The number of aliphatic hydroxyl groups excluding tert-OH is 1. The third-order valence-electron chi connectivity index (χ3n) is 5.76. The van der Waals surface area contributed by atoms with Crippen LogP contribution in [0.5, 0.6) is 0 Å². The molecule has 26 heavy (non-hydrogen) atoms. The molecule has 1 aromatic carbocycles. The highest BCUT2D eigenvalue weighted by atomic mass is 16.5. The molecule has 136 valence electrons. The highest BCUT2D eigenvalue weighted by Gasteiger charge is 2.38. The van der Waals surface area contributed by atoms with Gasteiger partial charge in [-0.2, -0.15) is 0 Å². The molecule has 2 aromatic rings. The topological polar surface area (TPSA) is 65.6 Å². The first-order valence-electron chi connectivity index (χ1n) is 9.09. The molecule has 0 spiro atoms. The molecule has 2 N–H and O–H groups in total. The fourth-order valence-electron chi connectivity index (χ4n) is 4.43. The Labute approximate surface area is 153 Å². The van der Waals surface area contributed by atoms with E-state index in [2.05, 4.69) is 28.1 Å². The molecule has 3 heterocycles. The number of nitrogens with zero attached hydrogens (tertiary/aromatic N) is 1. The van der Waals surface area contributed by atoms with Gasteiger partial charge in [-0.15, -0.1) is 0 Å². The number of aromatic nitrogens is 1. The maximum atomic E-state index is 12.3. The maximum Gasteiger partial charge on any atom is 0.335 e. The Kier molecular flexibility index (Phi) is 4.32. The molecule has 4 rings (SSSR count). The number of carbonyl (C=O) groups is 1. The third kappa shape index (κ3) is 2.54. The number of carbonyl (C=O) groups excluding carboxylic acids is 1. The van der Waals surface area contributed by atoms with Gasteiger partial charge in [-0.1, -0.05) is 24.3 Å². The Balaban J connectivity index is 1.80. The first-order chi connectivity index (χ1) is 12.7. The van der Waals surface area contributed by atoms with Crippen LogP contribution in [0.4, 0.5) is 0 Å². The zero-order chi connectivity index (χ0) is 18.3. The number of fused-ring (bicyclic) bond motifs is 5. The monoisotopic (exact) mass is 352 g/mol. The molecule has 1 aromatic heterocycles. The van der Waals surface area contributed by atoms with Gasteiger partial charge in [-0.25, -0.2) is 4.79 Å². The molecule has 0 bridgehead atoms. The lowest BCUT2D eigenvalue weighted by molar-refractivity contribution is -0.137. The van der Waals surface area contributed by atoms with Crippen molar-refractivity contribution in [1.82, 2.24) is 9.88 Å². The molecule has 2 aliphatic heterocycles. The van der Waals surface area contributed by atoms with Crippen molar-refractivity contribution in [3.63, 3.8) is 0 Å². The Morgan fingerprint density at radius 2 is 2.23 bits per heavy atom. The van der Waals surface area contributed by atoms with Gasteiger partial charge in [-0.3, -0.25) is 0 Å². The van der Waals surface area contributed by atoms with Gasteiger partial charge in [0.25, 0.3) is 0 Å². The van der Waals surface area contributed by atoms with E-state index in [1.165, 1.54) is 23.8 Å². The second kappa shape index (κ2) is 6.65. The highest BCUT2D eigenvalue weighted by molar-refractivity contribution is 5.90. The summed E-state index contributed by atoms with van der Waals surface area (Å²) in [4.78, 5) is 18.2. The first kappa shape index (κ1) is 16.9. The van der Waals surface area contributed by atoms with E-state index < -0.39 is 0 Å². The number of aliphatic hydroxyl groups is 1. The largest absolute Gasteiger partial charge is 0.466 e. The van der Waals surface area contributed by atoms with Gasteiger partial charge < -0.3 is 19.7 Å². The van der Waals surface area contributed by atoms with Crippen molar-refractivity contribution >= 4 is 16.9 Å². The van der Waals surface area contributed by atoms with E-state index in [1.54, 1.807) is 0 Å². The second-order valence-corrected chi connectivity index (χ2v) is 6.95. The SMILES string of the molecule is C/C=C(\CO)C1CC2c3[nH]c4ccccc4c3CCN2C=C1C(=O)OC. The predicted molar refractivity (Wildman–Crippen MR) is 100 cm³/mol. The number of hydrogen-bond donors (Lipinski definition) is 2. The number of benzene rings is 1. The standard InChI is InChI=1S/C21H24N2O3/c1-3-13(12-24)16-10-19-20-15(14-6-4-5-7-18(14)22-20)8-9-23(19)11-17(16)21(25)26-2/h3-7,11,16,19,22,24H,8-10,12H2,1-2H3/b13-3+. The number of aromatic amines is 1. The molecule has 0 fully saturated rings. The van der Waals surface area contributed by atoms with Crippen LogP contribution in [0.3, 0.4) is 0 Å². The van der Waals surface area contributed by atoms with Gasteiger partial charge >= 0.3 is 5.97 Å². The number of methoxy groups -OCH3 is 1. The van der Waals surface area contributed by atoms with Gasteiger partial charge in [0.1, 0.15) is 0 Å². The van der Waals surface area contributed by atoms with E-state index >= 15 is 0 Å². The van der Waals surface area contributed by atoms with Crippen LogP contribution in [0.2, 0.25) is 0 Å². The van der Waals surface area contributed by atoms with Crippen molar-refractivity contribution in [3.05, 3.63) is 58.9 Å². The first-order valence-corrected chi connectivity index (χ1v) is 9.09. The highest BCUT2D eigenvalue weighted by Crippen LogP contribution is 2.44. The van der Waals surface area contributed by atoms with Crippen LogP contribution in [0.25, 0.3) is 10.9 Å². The molecule has 5 nitrogen and oxygen atoms in total. The molecule has 0 saturated heterocycles. The maximum absolute atomic E-state index is 12.3. The Morgan fingerprint density at radius 3 is 2.96 bits per heavy atom. The molecule has 2 unspecified atom stereocenters. The lowest BCUT2D eigenvalue weighted by atomic mass is 9.79. The number of para-hydroxylation sites is 1. The van der Waals surface area contributed by atoms with Crippen molar-refractivity contribution in [2.24, 2.45) is 5.92 Å². The van der Waals surface area contributed by atoms with E-state index in [4.69, 9.17) is 4.74 Å². The molecule has 5 heteroatoms. The fraction of sp³-hybridized carbons (Fsp3) is 0.381. The summed E-state index contributed by atoms with van der Waals surface area (Å²) in [6.07, 6.45) is 5.55. The van der Waals surface area contributed by atoms with E-state index in [9.17, 15) is 9.90 Å². The van der Waals surface area contributed by atoms with Gasteiger partial charge in [-0.05, 0) is 37.0 Å². The van der Waals surface area contributed by atoms with E-state index in [0.717, 1.165) is 30.5 Å². The van der Waals surface area contributed by atoms with Crippen molar-refractivity contribution < 1.29 is 14.6 Å². The van der Waals surface area contributed by atoms with Gasteiger partial charge in [0.05, 0.1) is 25.3 Å². The molecular weight excluding hydrogens is 328 g/mol. The van der Waals surface area contributed by atoms with E-state index in [1.807, 2.05) is 25.3 Å². The molecule has 2 aliphatic rings. The quantitative estimate of drug-likeness (QED) is 0.658. The summed E-state index contributed by atoms with van der Waals surface area (Å²) in [5.74, 6) is -0.445. The lowest BCUT2D eigenvalue weighted by Gasteiger charge is -2.42. The Morgan fingerprint density at radius 1 is 1.42 bits per heavy atom. The zero-order valence-electron chi connectivity index (χ0n) is 15.2. The number of ether oxygens (including phenoxy) is 1. The molecule has 0 amide bonds. The van der Waals surface area contributed by atoms with Crippen LogP contribution in [-0.4, -0.2) is 41.2 Å². The molecular formula is C21H24N2O3. The molecule has 0 radical (unpaired) electrons. The van der Waals surface area contributed by atoms with Crippen LogP contribution >= 0.6 is 0 Å². The molecule has 2 atom stereocenters. The van der Waals surface area contributed by atoms with Gasteiger partial charge in [0, 0.05) is 35.3 Å². The number of esters is 1. The summed E-state index contributed by atoms with van der Waals surface area (Å²) in [5.41, 5.74) is 5.26. The Bertz CT molecular complexity index is 909. The summed E-state index contributed by atoms with van der Waals surface area (Å²) in [7, 11) is 1.41. The minimum Gasteiger partial charge on any atom is -0.466 e. The molecule has 0 aliphatic carbocycles. The zero-order valence-corrected chi connectivity index (χ0v) is 15.2. The van der Waals surface area contributed by atoms with Crippen molar-refractivity contribution in [3.8, 4) is 0 Å². The normalized spacial score (nSPS) is 22.7. The van der Waals surface area contributed by atoms with Crippen molar-refractivity contribution in [1.29, 1.82) is 0 Å². The number of hydrogen-bond acceptors (Lipinski definition) is 4. The van der Waals surface area contributed by atoms with Crippen LogP contribution < -0.4 is 0 Å². The third-order valence-corrected chi connectivity index (χ3v) is 5.76. The lowest BCUT2D eigenvalue weighted by Crippen LogP contribution is -2.39. The van der Waals surface area contributed by atoms with E-state index in [-0.39, 0.29) is 24.5 Å². The average molecular weight is 352 g/mol. The summed E-state index contributed by atoms with van der Waals surface area (Å²) in [6.45, 7) is 2.72. The van der Waals surface area contributed by atoms with E-state index in [0.29, 0.717) is 5.57 Å². The molecule has 0 saturated carbocycles. The smallest absolute Gasteiger partial charge is 0.335 e.